The summed E-state index contributed by atoms with van der Waals surface area (Å²) in [5.74, 6) is 1.45. The molecule has 2 aromatic rings. The van der Waals surface area contributed by atoms with Gasteiger partial charge in [0, 0.05) is 31.0 Å². The number of benzene rings is 1. The van der Waals surface area contributed by atoms with Gasteiger partial charge in [0.15, 0.2) is 5.84 Å². The fourth-order valence-corrected chi connectivity index (χ4v) is 2.31. The van der Waals surface area contributed by atoms with Crippen molar-refractivity contribution < 1.29 is 0 Å². The zero-order valence-corrected chi connectivity index (χ0v) is 14.2. The number of hydrogen-bond donors (Lipinski definition) is 0. The maximum absolute atomic E-state index is 6.36. The molecule has 118 valence electrons. The average molecular weight is 319 g/mol. The first-order chi connectivity index (χ1) is 10.6. The molecule has 1 aromatic heterocycles. The number of halogens is 1. The molecule has 2 rings (SSSR count). The van der Waals surface area contributed by atoms with Gasteiger partial charge in [0.25, 0.3) is 0 Å². The summed E-state index contributed by atoms with van der Waals surface area (Å²) in [6.07, 6.45) is 6.49. The van der Waals surface area contributed by atoms with E-state index < -0.39 is 0 Å². The number of hydrazone groups is 1. The lowest BCUT2D eigenvalue weighted by molar-refractivity contribution is 0.282. The molecular formula is C17H23ClN4. The van der Waals surface area contributed by atoms with Crippen molar-refractivity contribution >= 4 is 17.4 Å². The lowest BCUT2D eigenvalue weighted by Crippen LogP contribution is -2.24. The molecule has 0 N–H and O–H groups in total. The van der Waals surface area contributed by atoms with Crippen LogP contribution >= 0.6 is 11.6 Å². The van der Waals surface area contributed by atoms with Crippen LogP contribution in [-0.2, 0) is 0 Å². The number of nitrogens with zero attached hydrogens (tertiary/aromatic N) is 4. The average Bonchev–Trinajstić information content (AvgIpc) is 3.02. The van der Waals surface area contributed by atoms with E-state index >= 15 is 0 Å². The fraction of sp³-hybridized carbons (Fsp3) is 0.412. The first-order valence-electron chi connectivity index (χ1n) is 7.68. The Labute approximate surface area is 137 Å². The van der Waals surface area contributed by atoms with Crippen LogP contribution in [-0.4, -0.2) is 33.5 Å². The van der Waals surface area contributed by atoms with E-state index in [2.05, 4.69) is 30.8 Å². The van der Waals surface area contributed by atoms with Gasteiger partial charge in [-0.15, -0.1) is 0 Å². The van der Waals surface area contributed by atoms with Crippen LogP contribution in [0, 0.1) is 5.92 Å². The summed E-state index contributed by atoms with van der Waals surface area (Å²) in [7, 11) is 0. The highest BCUT2D eigenvalue weighted by molar-refractivity contribution is 6.34. The minimum Gasteiger partial charge on any atom is -0.295 e. The molecule has 0 saturated carbocycles. The number of rotatable bonds is 6. The summed E-state index contributed by atoms with van der Waals surface area (Å²) in [4.78, 5) is 4.13. The molecule has 0 amide bonds. The fourth-order valence-electron chi connectivity index (χ4n) is 2.09. The molecule has 0 saturated heterocycles. The van der Waals surface area contributed by atoms with Crippen molar-refractivity contribution in [2.24, 2.45) is 11.0 Å². The van der Waals surface area contributed by atoms with Gasteiger partial charge in [0.2, 0.25) is 0 Å². The monoisotopic (exact) mass is 318 g/mol. The summed E-state index contributed by atoms with van der Waals surface area (Å²) in [5, 5.41) is 7.60. The minimum absolute atomic E-state index is 0.654. The van der Waals surface area contributed by atoms with Crippen LogP contribution in [0.2, 0.25) is 5.02 Å². The molecule has 0 aliphatic rings. The number of hydrogen-bond acceptors (Lipinski definition) is 3. The zero-order chi connectivity index (χ0) is 15.9. The predicted molar refractivity (Wildman–Crippen MR) is 92.3 cm³/mol. The second-order valence-corrected chi connectivity index (χ2v) is 6.01. The van der Waals surface area contributed by atoms with Crippen LogP contribution < -0.4 is 0 Å². The Morgan fingerprint density at radius 1 is 1.36 bits per heavy atom. The van der Waals surface area contributed by atoms with Crippen LogP contribution in [0.1, 0.15) is 32.8 Å². The first-order valence-corrected chi connectivity index (χ1v) is 8.06. The van der Waals surface area contributed by atoms with Crippen molar-refractivity contribution in [2.75, 3.05) is 13.1 Å². The van der Waals surface area contributed by atoms with Crippen LogP contribution in [0.4, 0.5) is 0 Å². The van der Waals surface area contributed by atoms with Crippen molar-refractivity contribution in [2.45, 2.75) is 27.2 Å². The zero-order valence-electron chi connectivity index (χ0n) is 13.4. The summed E-state index contributed by atoms with van der Waals surface area (Å²) in [6, 6.07) is 7.76. The molecule has 1 aromatic carbocycles. The minimum atomic E-state index is 0.654. The van der Waals surface area contributed by atoms with Crippen molar-refractivity contribution in [3.63, 3.8) is 0 Å². The third-order valence-corrected chi connectivity index (χ3v) is 3.76. The summed E-state index contributed by atoms with van der Waals surface area (Å²) >= 11 is 6.36. The van der Waals surface area contributed by atoms with Gasteiger partial charge in [-0.2, -0.15) is 5.10 Å². The lowest BCUT2D eigenvalue weighted by atomic mass is 10.1. The Morgan fingerprint density at radius 3 is 2.73 bits per heavy atom. The Morgan fingerprint density at radius 2 is 2.14 bits per heavy atom. The van der Waals surface area contributed by atoms with Gasteiger partial charge >= 0.3 is 0 Å². The molecule has 0 unspecified atom stereocenters. The molecule has 5 heteroatoms. The van der Waals surface area contributed by atoms with E-state index in [-0.39, 0.29) is 0 Å². The van der Waals surface area contributed by atoms with Crippen LogP contribution in [0.3, 0.4) is 0 Å². The summed E-state index contributed by atoms with van der Waals surface area (Å²) < 4.78 is 1.90. The number of imidazole rings is 1. The largest absolute Gasteiger partial charge is 0.295 e. The van der Waals surface area contributed by atoms with Gasteiger partial charge in [0.1, 0.15) is 6.33 Å². The van der Waals surface area contributed by atoms with Crippen LogP contribution in [0.15, 0.2) is 48.1 Å². The van der Waals surface area contributed by atoms with E-state index in [1.807, 2.05) is 35.0 Å². The van der Waals surface area contributed by atoms with Crippen molar-refractivity contribution in [3.8, 4) is 0 Å². The van der Waals surface area contributed by atoms with Crippen molar-refractivity contribution in [3.05, 3.63) is 53.6 Å². The van der Waals surface area contributed by atoms with E-state index in [9.17, 15) is 0 Å². The van der Waals surface area contributed by atoms with Gasteiger partial charge in [-0.1, -0.05) is 37.6 Å². The molecule has 0 fully saturated rings. The normalized spacial score (nSPS) is 12.0. The Kier molecular flexibility index (Phi) is 6.01. The Hall–Kier alpha value is -1.81. The quantitative estimate of drug-likeness (QED) is 0.456. The molecule has 0 radical (unpaired) electrons. The standard InChI is InChI=1S/C17H23ClN4/c1-4-22(11-9-14(2)3)20-17(21-12-10-19-13-21)15-7-5-6-8-16(15)18/h5-8,10,12-14H,4,9,11H2,1-3H3. The van der Waals surface area contributed by atoms with Gasteiger partial charge in [0.05, 0.1) is 5.02 Å². The van der Waals surface area contributed by atoms with E-state index in [1.165, 1.54) is 0 Å². The highest BCUT2D eigenvalue weighted by Crippen LogP contribution is 2.17. The molecule has 0 aliphatic carbocycles. The van der Waals surface area contributed by atoms with Gasteiger partial charge in [-0.25, -0.2) is 4.98 Å². The van der Waals surface area contributed by atoms with Gasteiger partial charge in [-0.05, 0) is 31.4 Å². The van der Waals surface area contributed by atoms with E-state index in [4.69, 9.17) is 16.7 Å². The smallest absolute Gasteiger partial charge is 0.166 e. The first kappa shape index (κ1) is 16.6. The van der Waals surface area contributed by atoms with Crippen LogP contribution in [0.25, 0.3) is 0 Å². The van der Waals surface area contributed by atoms with E-state index in [0.717, 1.165) is 30.9 Å². The molecule has 0 bridgehead atoms. The highest BCUT2D eigenvalue weighted by atomic mass is 35.5. The third kappa shape index (κ3) is 4.34. The molecular weight excluding hydrogens is 296 g/mol. The Balaban J connectivity index is 2.36. The maximum Gasteiger partial charge on any atom is 0.166 e. The SMILES string of the molecule is CCN(CCC(C)C)N=C(c1ccccc1Cl)n1ccnc1. The molecule has 0 spiro atoms. The number of aromatic nitrogens is 2. The van der Waals surface area contributed by atoms with E-state index in [0.29, 0.717) is 10.9 Å². The second kappa shape index (κ2) is 7.99. The van der Waals surface area contributed by atoms with Crippen molar-refractivity contribution in [1.29, 1.82) is 0 Å². The topological polar surface area (TPSA) is 33.4 Å². The molecule has 0 aliphatic heterocycles. The summed E-state index contributed by atoms with van der Waals surface area (Å²) in [6.45, 7) is 8.35. The maximum atomic E-state index is 6.36. The Bertz CT molecular complexity index is 605. The second-order valence-electron chi connectivity index (χ2n) is 5.60. The van der Waals surface area contributed by atoms with E-state index in [1.54, 1.807) is 12.5 Å². The van der Waals surface area contributed by atoms with Gasteiger partial charge < -0.3 is 0 Å². The van der Waals surface area contributed by atoms with Crippen LogP contribution in [0.5, 0.6) is 0 Å². The molecule has 0 atom stereocenters. The van der Waals surface area contributed by atoms with Crippen molar-refractivity contribution in [1.82, 2.24) is 14.6 Å². The van der Waals surface area contributed by atoms with Gasteiger partial charge in [-0.3, -0.25) is 9.58 Å². The summed E-state index contributed by atoms with van der Waals surface area (Å²) in [5.41, 5.74) is 0.908. The third-order valence-electron chi connectivity index (χ3n) is 3.43. The molecule has 1 heterocycles. The molecule has 4 nitrogen and oxygen atoms in total. The molecule has 22 heavy (non-hydrogen) atoms. The highest BCUT2D eigenvalue weighted by Gasteiger charge is 2.12. The predicted octanol–water partition coefficient (Wildman–Crippen LogP) is 4.11. The lowest BCUT2D eigenvalue weighted by Gasteiger charge is -2.21.